The minimum Gasteiger partial charge on any atom is -0.275 e. The number of nitro benzene ring substituents is 1. The van der Waals surface area contributed by atoms with Crippen LogP contribution in [-0.4, -0.2) is 10.2 Å². The molecular weight excluding hydrogens is 229 g/mol. The Hall–Kier alpha value is -1.13. The Bertz CT molecular complexity index is 417. The molecule has 4 nitrogen and oxygen atoms in total. The van der Waals surface area contributed by atoms with Gasteiger partial charge in [-0.25, -0.2) is 0 Å². The maximum absolute atomic E-state index is 10.9. The second-order valence-corrected chi connectivity index (χ2v) is 3.35. The highest BCUT2D eigenvalue weighted by Crippen LogP contribution is 2.30. The van der Waals surface area contributed by atoms with Gasteiger partial charge in [-0.15, -0.1) is 0 Å². The number of hydrogen-bond acceptors (Lipinski definition) is 3. The summed E-state index contributed by atoms with van der Waals surface area (Å²) in [6.45, 7) is 1.46. The van der Waals surface area contributed by atoms with E-state index >= 15 is 0 Å². The molecule has 0 N–H and O–H groups in total. The van der Waals surface area contributed by atoms with E-state index in [9.17, 15) is 14.9 Å². The molecular formula is C8H5Cl2NO3. The van der Waals surface area contributed by atoms with Crippen molar-refractivity contribution in [2.75, 3.05) is 0 Å². The molecule has 6 heteroatoms. The van der Waals surface area contributed by atoms with Crippen molar-refractivity contribution in [2.24, 2.45) is 0 Å². The van der Waals surface area contributed by atoms with Crippen LogP contribution in [0, 0.1) is 17.0 Å². The fourth-order valence-corrected chi connectivity index (χ4v) is 1.37. The second-order valence-electron chi connectivity index (χ2n) is 2.60. The predicted molar refractivity (Wildman–Crippen MR) is 53.0 cm³/mol. The van der Waals surface area contributed by atoms with Crippen LogP contribution in [0.4, 0.5) is 5.69 Å². The van der Waals surface area contributed by atoms with E-state index in [0.29, 0.717) is 0 Å². The van der Waals surface area contributed by atoms with Crippen molar-refractivity contribution < 1.29 is 9.72 Å². The normalized spacial score (nSPS) is 9.93. The molecule has 0 fully saturated rings. The minimum atomic E-state index is -0.864. The minimum absolute atomic E-state index is 0.140. The number of hydrogen-bond donors (Lipinski definition) is 0. The first-order valence-corrected chi connectivity index (χ1v) is 4.34. The van der Waals surface area contributed by atoms with Crippen LogP contribution in [0.25, 0.3) is 0 Å². The van der Waals surface area contributed by atoms with Gasteiger partial charge in [0.25, 0.3) is 10.9 Å². The summed E-state index contributed by atoms with van der Waals surface area (Å²) in [5.41, 5.74) is -0.237. The Morgan fingerprint density at radius 1 is 1.50 bits per heavy atom. The van der Waals surface area contributed by atoms with E-state index in [1.54, 1.807) is 0 Å². The van der Waals surface area contributed by atoms with Gasteiger partial charge in [0.05, 0.1) is 9.95 Å². The van der Waals surface area contributed by atoms with Crippen LogP contribution in [0.1, 0.15) is 15.9 Å². The zero-order valence-electron chi connectivity index (χ0n) is 7.08. The molecule has 0 radical (unpaired) electrons. The number of rotatable bonds is 2. The lowest BCUT2D eigenvalue weighted by atomic mass is 10.1. The van der Waals surface area contributed by atoms with Gasteiger partial charge in [-0.05, 0) is 30.7 Å². The quantitative estimate of drug-likeness (QED) is 0.449. The van der Waals surface area contributed by atoms with E-state index in [-0.39, 0.29) is 21.8 Å². The number of nitrogens with zero attached hydrogens (tertiary/aromatic N) is 1. The third-order valence-electron chi connectivity index (χ3n) is 1.76. The predicted octanol–water partition coefficient (Wildman–Crippen LogP) is 2.94. The lowest BCUT2D eigenvalue weighted by Crippen LogP contribution is -2.01. The largest absolute Gasteiger partial charge is 0.285 e. The molecule has 0 atom stereocenters. The molecule has 0 saturated heterocycles. The Kier molecular flexibility index (Phi) is 3.08. The maximum atomic E-state index is 10.9. The van der Waals surface area contributed by atoms with Gasteiger partial charge in [0, 0.05) is 5.56 Å². The van der Waals surface area contributed by atoms with Gasteiger partial charge in [0.15, 0.2) is 0 Å². The van der Waals surface area contributed by atoms with Crippen LogP contribution in [0.2, 0.25) is 5.02 Å². The van der Waals surface area contributed by atoms with Gasteiger partial charge in [-0.2, -0.15) is 0 Å². The van der Waals surface area contributed by atoms with Gasteiger partial charge < -0.3 is 0 Å². The molecule has 0 saturated carbocycles. The molecule has 14 heavy (non-hydrogen) atoms. The summed E-state index contributed by atoms with van der Waals surface area (Å²) in [5.74, 6) is 0. The first-order chi connectivity index (χ1) is 6.45. The molecule has 0 bridgehead atoms. The van der Waals surface area contributed by atoms with Crippen LogP contribution >= 0.6 is 23.2 Å². The van der Waals surface area contributed by atoms with Crippen LogP contribution in [-0.2, 0) is 0 Å². The van der Waals surface area contributed by atoms with Crippen molar-refractivity contribution in [3.8, 4) is 0 Å². The summed E-state index contributed by atoms with van der Waals surface area (Å²) in [6, 6.07) is 2.64. The molecule has 1 aromatic rings. The monoisotopic (exact) mass is 233 g/mol. The van der Waals surface area contributed by atoms with Crippen molar-refractivity contribution >= 4 is 34.1 Å². The molecule has 0 aliphatic heterocycles. The SMILES string of the molecule is Cc1c(Cl)ccc(C(=O)Cl)c1[N+](=O)[O-]. The average Bonchev–Trinajstić information content (AvgIpc) is 2.08. The zero-order valence-corrected chi connectivity index (χ0v) is 8.59. The number of nitro groups is 1. The van der Waals surface area contributed by atoms with Gasteiger partial charge in [0.2, 0.25) is 0 Å². The number of halogens is 2. The van der Waals surface area contributed by atoms with Crippen molar-refractivity contribution in [1.29, 1.82) is 0 Å². The molecule has 0 spiro atoms. The van der Waals surface area contributed by atoms with Crippen molar-refractivity contribution in [3.05, 3.63) is 38.4 Å². The van der Waals surface area contributed by atoms with Gasteiger partial charge in [0.1, 0.15) is 5.56 Å². The first-order valence-electron chi connectivity index (χ1n) is 3.58. The zero-order chi connectivity index (χ0) is 10.9. The van der Waals surface area contributed by atoms with Crippen LogP contribution in [0.15, 0.2) is 12.1 Å². The fraction of sp³-hybridized carbons (Fsp3) is 0.125. The lowest BCUT2D eigenvalue weighted by molar-refractivity contribution is -0.385. The average molecular weight is 234 g/mol. The van der Waals surface area contributed by atoms with Crippen LogP contribution in [0.3, 0.4) is 0 Å². The standard InChI is InChI=1S/C8H5Cl2NO3/c1-4-6(9)3-2-5(8(10)12)7(4)11(13)14/h2-3H,1H3. The van der Waals surface area contributed by atoms with Crippen molar-refractivity contribution in [1.82, 2.24) is 0 Å². The van der Waals surface area contributed by atoms with Crippen molar-refractivity contribution in [2.45, 2.75) is 6.92 Å². The van der Waals surface area contributed by atoms with Gasteiger partial charge in [-0.1, -0.05) is 11.6 Å². The summed E-state index contributed by atoms with van der Waals surface area (Å²) in [4.78, 5) is 20.8. The Balaban J connectivity index is 3.53. The third-order valence-corrected chi connectivity index (χ3v) is 2.37. The maximum Gasteiger partial charge on any atom is 0.285 e. The van der Waals surface area contributed by atoms with Gasteiger partial charge in [-0.3, -0.25) is 14.9 Å². The molecule has 0 heterocycles. The topological polar surface area (TPSA) is 60.2 Å². The molecule has 1 rings (SSSR count). The number of carbonyl (C=O) groups is 1. The summed E-state index contributed by atoms with van der Waals surface area (Å²) < 4.78 is 0. The molecule has 0 aromatic heterocycles. The first kappa shape index (κ1) is 10.9. The fourth-order valence-electron chi connectivity index (χ4n) is 1.07. The van der Waals surface area contributed by atoms with Crippen molar-refractivity contribution in [3.63, 3.8) is 0 Å². The molecule has 0 aliphatic carbocycles. The highest BCUT2D eigenvalue weighted by molar-refractivity contribution is 6.68. The van der Waals surface area contributed by atoms with E-state index in [1.165, 1.54) is 19.1 Å². The summed E-state index contributed by atoms with van der Waals surface area (Å²) in [7, 11) is 0. The number of benzene rings is 1. The third kappa shape index (κ3) is 1.86. The summed E-state index contributed by atoms with van der Waals surface area (Å²) >= 11 is 10.9. The molecule has 74 valence electrons. The summed E-state index contributed by atoms with van der Waals surface area (Å²) in [6.07, 6.45) is 0. The van der Waals surface area contributed by atoms with Crippen LogP contribution < -0.4 is 0 Å². The number of carbonyl (C=O) groups excluding carboxylic acids is 1. The Morgan fingerprint density at radius 3 is 2.50 bits per heavy atom. The van der Waals surface area contributed by atoms with E-state index < -0.39 is 10.2 Å². The van der Waals surface area contributed by atoms with Crippen LogP contribution in [0.5, 0.6) is 0 Å². The highest BCUT2D eigenvalue weighted by Gasteiger charge is 2.23. The van der Waals surface area contributed by atoms with E-state index in [1.807, 2.05) is 0 Å². The van der Waals surface area contributed by atoms with E-state index in [4.69, 9.17) is 23.2 Å². The molecule has 0 amide bonds. The Labute approximate surface area is 89.6 Å². The molecule has 1 aromatic carbocycles. The highest BCUT2D eigenvalue weighted by atomic mass is 35.5. The second kappa shape index (κ2) is 3.94. The van der Waals surface area contributed by atoms with E-state index in [0.717, 1.165) is 0 Å². The molecule has 0 aliphatic rings. The molecule has 0 unspecified atom stereocenters. The Morgan fingerprint density at radius 2 is 2.07 bits per heavy atom. The smallest absolute Gasteiger partial charge is 0.275 e. The lowest BCUT2D eigenvalue weighted by Gasteiger charge is -2.02. The summed E-state index contributed by atoms with van der Waals surface area (Å²) in [5, 5.41) is 10.0. The van der Waals surface area contributed by atoms with Gasteiger partial charge >= 0.3 is 0 Å². The van der Waals surface area contributed by atoms with E-state index in [2.05, 4.69) is 0 Å².